The fourth-order valence-electron chi connectivity index (χ4n) is 5.61. The average molecular weight is 434 g/mol. The highest BCUT2D eigenvalue weighted by atomic mass is 16.2. The minimum atomic E-state index is -0.200. The summed E-state index contributed by atoms with van der Waals surface area (Å²) in [4.78, 5) is 31.0. The molecule has 1 fully saturated rings. The number of aromatic amines is 1. The van der Waals surface area contributed by atoms with Crippen LogP contribution in [-0.4, -0.2) is 34.8 Å². The van der Waals surface area contributed by atoms with Crippen molar-refractivity contribution in [3.8, 4) is 0 Å². The van der Waals surface area contributed by atoms with E-state index in [4.69, 9.17) is 0 Å². The molecule has 3 aliphatic rings. The van der Waals surface area contributed by atoms with Crippen molar-refractivity contribution in [1.82, 2.24) is 9.88 Å². The van der Waals surface area contributed by atoms with Crippen LogP contribution in [0, 0.1) is 5.92 Å². The van der Waals surface area contributed by atoms with Crippen LogP contribution in [0.15, 0.2) is 60.7 Å². The lowest BCUT2D eigenvalue weighted by Crippen LogP contribution is -2.41. The summed E-state index contributed by atoms with van der Waals surface area (Å²) < 4.78 is 0. The molecule has 4 aromatic rings. The predicted octanol–water partition coefficient (Wildman–Crippen LogP) is 5.55. The lowest BCUT2D eigenvalue weighted by molar-refractivity contribution is 0.0610. The number of carbonyl (C=O) groups is 2. The van der Waals surface area contributed by atoms with E-state index in [1.54, 1.807) is 0 Å². The van der Waals surface area contributed by atoms with Gasteiger partial charge in [0, 0.05) is 51.9 Å². The number of H-pyrrole nitrogens is 1. The summed E-state index contributed by atoms with van der Waals surface area (Å²) in [5.41, 5.74) is 6.16. The second-order valence-electron chi connectivity index (χ2n) is 9.33. The Balaban J connectivity index is 1.05. The number of benzene rings is 3. The monoisotopic (exact) mass is 433 g/mol. The summed E-state index contributed by atoms with van der Waals surface area (Å²) in [5.74, 6) is 1.02. The maximum Gasteiger partial charge on any atom is 0.261 e. The third kappa shape index (κ3) is 2.78. The molecule has 1 aromatic heterocycles. The Hall–Kier alpha value is -3.86. The molecule has 1 saturated carbocycles. The van der Waals surface area contributed by atoms with Gasteiger partial charge < -0.3 is 10.3 Å². The summed E-state index contributed by atoms with van der Waals surface area (Å²) in [6.45, 7) is 1.07. The first-order valence-corrected chi connectivity index (χ1v) is 11.6. The van der Waals surface area contributed by atoms with Gasteiger partial charge in [-0.3, -0.25) is 14.5 Å². The average Bonchev–Trinajstić information content (AvgIpc) is 3.54. The van der Waals surface area contributed by atoms with Gasteiger partial charge in [-0.2, -0.15) is 0 Å². The third-order valence-electron chi connectivity index (χ3n) is 7.33. The number of nitrogens with zero attached hydrogens (tertiary/aromatic N) is 1. The van der Waals surface area contributed by atoms with Crippen LogP contribution in [-0.2, 0) is 0 Å². The van der Waals surface area contributed by atoms with Crippen molar-refractivity contribution in [3.63, 3.8) is 0 Å². The molecule has 162 valence electrons. The van der Waals surface area contributed by atoms with Crippen LogP contribution in [0.2, 0.25) is 0 Å². The number of nitrogens with one attached hydrogen (secondary N) is 2. The molecule has 1 aliphatic heterocycles. The summed E-state index contributed by atoms with van der Waals surface area (Å²) in [6.07, 6.45) is 6.50. The number of rotatable bonds is 5. The van der Waals surface area contributed by atoms with Gasteiger partial charge in [-0.25, -0.2) is 0 Å². The minimum absolute atomic E-state index is 0.200. The molecule has 5 nitrogen and oxygen atoms in total. The van der Waals surface area contributed by atoms with E-state index in [-0.39, 0.29) is 11.8 Å². The summed E-state index contributed by atoms with van der Waals surface area (Å²) in [7, 11) is 0. The van der Waals surface area contributed by atoms with Crippen molar-refractivity contribution < 1.29 is 9.59 Å². The van der Waals surface area contributed by atoms with E-state index in [2.05, 4.69) is 40.7 Å². The van der Waals surface area contributed by atoms with Gasteiger partial charge in [0.2, 0.25) is 0 Å². The third-order valence-corrected chi connectivity index (χ3v) is 7.33. The molecule has 0 spiro atoms. The van der Waals surface area contributed by atoms with Crippen LogP contribution < -0.4 is 5.32 Å². The lowest BCUT2D eigenvalue weighted by Gasteiger charge is -2.27. The zero-order valence-electron chi connectivity index (χ0n) is 18.1. The molecular formula is C28H23N3O2. The molecule has 2 amide bonds. The number of hydrogen-bond acceptors (Lipinski definition) is 3. The van der Waals surface area contributed by atoms with Crippen LogP contribution >= 0.6 is 0 Å². The first-order valence-electron chi connectivity index (χ1n) is 11.6. The first-order chi connectivity index (χ1) is 16.2. The van der Waals surface area contributed by atoms with Crippen LogP contribution in [0.1, 0.15) is 50.7 Å². The van der Waals surface area contributed by atoms with E-state index in [1.807, 2.05) is 36.4 Å². The Kier molecular flexibility index (Phi) is 3.86. The summed E-state index contributed by atoms with van der Waals surface area (Å²) >= 11 is 0. The van der Waals surface area contributed by atoms with Crippen molar-refractivity contribution in [2.75, 3.05) is 18.4 Å². The minimum Gasteiger partial charge on any atom is -0.385 e. The Labute approximate surface area is 191 Å². The van der Waals surface area contributed by atoms with Gasteiger partial charge in [0.25, 0.3) is 11.8 Å². The molecular weight excluding hydrogens is 410 g/mol. The topological polar surface area (TPSA) is 65.2 Å². The maximum atomic E-state index is 13.0. The quantitative estimate of drug-likeness (QED) is 0.320. The van der Waals surface area contributed by atoms with E-state index in [9.17, 15) is 9.59 Å². The maximum absolute atomic E-state index is 13.0. The zero-order valence-corrected chi connectivity index (χ0v) is 18.1. The molecule has 2 unspecified atom stereocenters. The van der Waals surface area contributed by atoms with Gasteiger partial charge in [0.05, 0.1) is 0 Å². The van der Waals surface area contributed by atoms with Gasteiger partial charge >= 0.3 is 0 Å². The normalized spacial score (nSPS) is 20.3. The highest BCUT2D eigenvalue weighted by molar-refractivity contribution is 6.25. The highest BCUT2D eigenvalue weighted by Gasteiger charge is 2.41. The zero-order chi connectivity index (χ0) is 22.1. The second-order valence-corrected chi connectivity index (χ2v) is 9.33. The number of fused-ring (bicyclic) bond motifs is 5. The number of imide groups is 1. The van der Waals surface area contributed by atoms with Gasteiger partial charge in [-0.05, 0) is 66.0 Å². The van der Waals surface area contributed by atoms with E-state index < -0.39 is 0 Å². The fourth-order valence-corrected chi connectivity index (χ4v) is 5.61. The number of allylic oxidation sites excluding steroid dienone is 1. The Morgan fingerprint density at radius 1 is 1.00 bits per heavy atom. The number of aromatic nitrogens is 1. The molecule has 3 aromatic carbocycles. The number of anilines is 1. The number of carbonyl (C=O) groups excluding carboxylic acids is 2. The molecule has 2 aliphatic carbocycles. The van der Waals surface area contributed by atoms with Gasteiger partial charge in [0.1, 0.15) is 0 Å². The molecule has 2 N–H and O–H groups in total. The molecule has 0 saturated heterocycles. The van der Waals surface area contributed by atoms with Gasteiger partial charge in [0.15, 0.2) is 0 Å². The van der Waals surface area contributed by atoms with Gasteiger partial charge in [-0.1, -0.05) is 36.4 Å². The number of hydrogen-bond donors (Lipinski definition) is 2. The SMILES string of the molecule is O=C1c2cccc3cccc(c23)C(=O)N1CCCNc1ccc2c3c([nH]c2c1)C=CC1CC31. The molecule has 7 rings (SSSR count). The second kappa shape index (κ2) is 6.82. The van der Waals surface area contributed by atoms with E-state index in [0.717, 1.165) is 27.9 Å². The molecule has 0 radical (unpaired) electrons. The Morgan fingerprint density at radius 2 is 1.79 bits per heavy atom. The van der Waals surface area contributed by atoms with Crippen molar-refractivity contribution in [1.29, 1.82) is 0 Å². The summed E-state index contributed by atoms with van der Waals surface area (Å²) in [6, 6.07) is 17.8. The lowest BCUT2D eigenvalue weighted by atomic mass is 9.94. The van der Waals surface area contributed by atoms with E-state index in [0.29, 0.717) is 36.6 Å². The van der Waals surface area contributed by atoms with Crippen LogP contribution in [0.25, 0.3) is 27.8 Å². The standard InChI is InChI=1S/C28H23N3O2/c32-27-20-6-1-4-16-5-2-7-21(25(16)20)28(33)31(27)13-3-12-29-18-9-10-19-24(15-18)30-23-11-8-17-14-22(17)26(19)23/h1-2,4-11,15,17,22,29-30H,3,12-14H2. The van der Waals surface area contributed by atoms with Crippen molar-refractivity contribution in [2.24, 2.45) is 5.92 Å². The summed E-state index contributed by atoms with van der Waals surface area (Å²) in [5, 5.41) is 6.49. The van der Waals surface area contributed by atoms with E-state index in [1.165, 1.54) is 28.0 Å². The molecule has 2 heterocycles. The molecule has 2 atom stereocenters. The highest BCUT2D eigenvalue weighted by Crippen LogP contribution is 2.54. The van der Waals surface area contributed by atoms with Crippen LogP contribution in [0.4, 0.5) is 5.69 Å². The van der Waals surface area contributed by atoms with E-state index >= 15 is 0 Å². The fraction of sp³-hybridized carbons (Fsp3) is 0.214. The van der Waals surface area contributed by atoms with Crippen LogP contribution in [0.3, 0.4) is 0 Å². The first kappa shape index (κ1) is 18.7. The Morgan fingerprint density at radius 3 is 2.58 bits per heavy atom. The van der Waals surface area contributed by atoms with Crippen molar-refractivity contribution in [3.05, 3.63) is 83.1 Å². The Bertz CT molecular complexity index is 1460. The van der Waals surface area contributed by atoms with Crippen molar-refractivity contribution in [2.45, 2.75) is 18.8 Å². The smallest absolute Gasteiger partial charge is 0.261 e. The molecule has 5 heteroatoms. The predicted molar refractivity (Wildman–Crippen MR) is 131 cm³/mol. The van der Waals surface area contributed by atoms with Crippen molar-refractivity contribution >= 4 is 45.3 Å². The molecule has 0 bridgehead atoms. The van der Waals surface area contributed by atoms with Gasteiger partial charge in [-0.15, -0.1) is 0 Å². The number of amides is 2. The van der Waals surface area contributed by atoms with Crippen LogP contribution in [0.5, 0.6) is 0 Å². The largest absolute Gasteiger partial charge is 0.385 e. The molecule has 33 heavy (non-hydrogen) atoms.